The number of methoxy groups -OCH3 is 2. The summed E-state index contributed by atoms with van der Waals surface area (Å²) in [5, 5.41) is 3.42. The lowest BCUT2D eigenvalue weighted by Gasteiger charge is -2.32. The summed E-state index contributed by atoms with van der Waals surface area (Å²) in [5.41, 5.74) is 6.20. The van der Waals surface area contributed by atoms with E-state index in [1.54, 1.807) is 14.2 Å². The van der Waals surface area contributed by atoms with Crippen LogP contribution in [0.4, 0.5) is 0 Å². The lowest BCUT2D eigenvalue weighted by molar-refractivity contribution is -0.119. The van der Waals surface area contributed by atoms with Crippen molar-refractivity contribution in [3.05, 3.63) is 17.7 Å². The van der Waals surface area contributed by atoms with Gasteiger partial charge in [0.05, 0.1) is 14.2 Å². The normalized spacial score (nSPS) is 18.5. The molecule has 0 bridgehead atoms. The molecule has 128 valence electrons. The van der Waals surface area contributed by atoms with Gasteiger partial charge >= 0.3 is 0 Å². The number of hydrogen-bond donors (Lipinski definition) is 2. The second-order valence-corrected chi connectivity index (χ2v) is 5.67. The zero-order valence-electron chi connectivity index (χ0n) is 13.9. The van der Waals surface area contributed by atoms with Crippen LogP contribution in [0.1, 0.15) is 12.5 Å². The van der Waals surface area contributed by atoms with E-state index in [1.165, 1.54) is 0 Å². The number of nitrogens with two attached hydrogens (primary N) is 1. The van der Waals surface area contributed by atoms with Crippen molar-refractivity contribution in [1.82, 2.24) is 10.2 Å². The third-order valence-electron chi connectivity index (χ3n) is 3.74. The second-order valence-electron chi connectivity index (χ2n) is 5.67. The van der Waals surface area contributed by atoms with Crippen LogP contribution in [0.2, 0.25) is 0 Å². The van der Waals surface area contributed by atoms with Crippen LogP contribution in [0.5, 0.6) is 17.2 Å². The maximum atomic E-state index is 10.9. The largest absolute Gasteiger partial charge is 0.493 e. The van der Waals surface area contributed by atoms with Crippen LogP contribution in [0.15, 0.2) is 12.1 Å². The average Bonchev–Trinajstić information content (AvgIpc) is 2.52. The van der Waals surface area contributed by atoms with Gasteiger partial charge in [-0.3, -0.25) is 9.69 Å². The van der Waals surface area contributed by atoms with Gasteiger partial charge in [0, 0.05) is 32.2 Å². The summed E-state index contributed by atoms with van der Waals surface area (Å²) >= 11 is 0. The van der Waals surface area contributed by atoms with Crippen LogP contribution in [0, 0.1) is 0 Å². The van der Waals surface area contributed by atoms with E-state index >= 15 is 0 Å². The van der Waals surface area contributed by atoms with Crippen LogP contribution in [-0.2, 0) is 11.3 Å². The van der Waals surface area contributed by atoms with E-state index < -0.39 is 5.91 Å². The number of rotatable bonds is 7. The molecule has 7 nitrogen and oxygen atoms in total. The number of carbonyl (C=O) groups is 1. The molecule has 1 heterocycles. The van der Waals surface area contributed by atoms with E-state index in [0.29, 0.717) is 23.3 Å². The Morgan fingerprint density at radius 2 is 2.00 bits per heavy atom. The Hall–Kier alpha value is -1.99. The molecule has 1 aromatic carbocycles. The number of nitrogens with zero attached hydrogens (tertiary/aromatic N) is 1. The van der Waals surface area contributed by atoms with E-state index in [0.717, 1.165) is 31.7 Å². The van der Waals surface area contributed by atoms with E-state index in [4.69, 9.17) is 19.9 Å². The minimum Gasteiger partial charge on any atom is -0.493 e. The predicted octanol–water partition coefficient (Wildman–Crippen LogP) is 0.362. The Kier molecular flexibility index (Phi) is 6.06. The van der Waals surface area contributed by atoms with Gasteiger partial charge in [-0.1, -0.05) is 0 Å². The highest BCUT2D eigenvalue weighted by atomic mass is 16.5. The molecule has 2 rings (SSSR count). The number of amides is 1. The first kappa shape index (κ1) is 17.4. The summed E-state index contributed by atoms with van der Waals surface area (Å²) in [6.45, 7) is 5.72. The standard InChI is InChI=1S/C16H25N3O4/c1-11-8-19(5-4-18-11)9-12-6-13(21-2)16(14(7-12)22-3)23-10-15(17)20/h6-7,11,18H,4-5,8-10H2,1-3H3,(H2,17,20)/t11-/m0/s1. The summed E-state index contributed by atoms with van der Waals surface area (Å²) in [7, 11) is 3.12. The number of carbonyl (C=O) groups excluding carboxylic acids is 1. The van der Waals surface area contributed by atoms with Crippen molar-refractivity contribution in [2.75, 3.05) is 40.5 Å². The van der Waals surface area contributed by atoms with E-state index in [2.05, 4.69) is 17.1 Å². The molecule has 0 spiro atoms. The minimum atomic E-state index is -0.548. The average molecular weight is 323 g/mol. The number of piperazine rings is 1. The van der Waals surface area contributed by atoms with Gasteiger partial charge in [-0.15, -0.1) is 0 Å². The summed E-state index contributed by atoms with van der Waals surface area (Å²) in [6.07, 6.45) is 0. The van der Waals surface area contributed by atoms with Gasteiger partial charge in [0.1, 0.15) is 0 Å². The molecule has 1 aromatic rings. The fourth-order valence-electron chi connectivity index (χ4n) is 2.73. The van der Waals surface area contributed by atoms with Crippen molar-refractivity contribution in [2.45, 2.75) is 19.5 Å². The number of ether oxygens (including phenoxy) is 3. The molecule has 0 aliphatic carbocycles. The van der Waals surface area contributed by atoms with Crippen molar-refractivity contribution < 1.29 is 19.0 Å². The molecule has 1 fully saturated rings. The first-order valence-electron chi connectivity index (χ1n) is 7.65. The van der Waals surface area contributed by atoms with Crippen molar-refractivity contribution in [3.63, 3.8) is 0 Å². The highest BCUT2D eigenvalue weighted by Crippen LogP contribution is 2.38. The SMILES string of the molecule is COc1cc(CN2CCN[C@@H](C)C2)cc(OC)c1OCC(N)=O. The molecular weight excluding hydrogens is 298 g/mol. The highest BCUT2D eigenvalue weighted by molar-refractivity contribution is 5.75. The Labute approximate surface area is 136 Å². The van der Waals surface area contributed by atoms with Gasteiger partial charge in [-0.25, -0.2) is 0 Å². The van der Waals surface area contributed by atoms with Gasteiger partial charge < -0.3 is 25.3 Å². The molecule has 23 heavy (non-hydrogen) atoms. The Morgan fingerprint density at radius 1 is 1.35 bits per heavy atom. The third-order valence-corrected chi connectivity index (χ3v) is 3.74. The summed E-state index contributed by atoms with van der Waals surface area (Å²) in [4.78, 5) is 13.3. The number of primary amides is 1. The van der Waals surface area contributed by atoms with E-state index in [1.807, 2.05) is 12.1 Å². The fourth-order valence-corrected chi connectivity index (χ4v) is 2.73. The second kappa shape index (κ2) is 8.03. The van der Waals surface area contributed by atoms with Crippen LogP contribution < -0.4 is 25.3 Å². The number of nitrogens with one attached hydrogen (secondary N) is 1. The molecule has 1 amide bonds. The van der Waals surface area contributed by atoms with Crippen LogP contribution >= 0.6 is 0 Å². The summed E-state index contributed by atoms with van der Waals surface area (Å²) in [5.74, 6) is 0.909. The first-order valence-corrected chi connectivity index (χ1v) is 7.65. The van der Waals surface area contributed by atoms with Crippen molar-refractivity contribution in [1.29, 1.82) is 0 Å². The molecule has 7 heteroatoms. The van der Waals surface area contributed by atoms with Crippen LogP contribution in [-0.4, -0.2) is 57.3 Å². The topological polar surface area (TPSA) is 86.1 Å². The first-order chi connectivity index (χ1) is 11.0. The molecule has 1 aliphatic rings. The molecule has 0 radical (unpaired) electrons. The lowest BCUT2D eigenvalue weighted by Crippen LogP contribution is -2.48. The van der Waals surface area contributed by atoms with Crippen molar-refractivity contribution >= 4 is 5.91 Å². The van der Waals surface area contributed by atoms with Crippen LogP contribution in [0.25, 0.3) is 0 Å². The van der Waals surface area contributed by atoms with Gasteiger partial charge in [0.2, 0.25) is 5.75 Å². The maximum Gasteiger partial charge on any atom is 0.255 e. The number of hydrogen-bond acceptors (Lipinski definition) is 6. The molecule has 1 atom stereocenters. The molecule has 1 saturated heterocycles. The highest BCUT2D eigenvalue weighted by Gasteiger charge is 2.19. The summed E-state index contributed by atoms with van der Waals surface area (Å²) < 4.78 is 16.2. The van der Waals surface area contributed by atoms with E-state index in [9.17, 15) is 4.79 Å². The molecule has 0 aromatic heterocycles. The molecular formula is C16H25N3O4. The Morgan fingerprint density at radius 3 is 2.52 bits per heavy atom. The van der Waals surface area contributed by atoms with Gasteiger partial charge in [0.15, 0.2) is 18.1 Å². The zero-order chi connectivity index (χ0) is 16.8. The number of benzene rings is 1. The molecule has 0 saturated carbocycles. The van der Waals surface area contributed by atoms with Crippen LogP contribution in [0.3, 0.4) is 0 Å². The lowest BCUT2D eigenvalue weighted by atomic mass is 10.1. The zero-order valence-corrected chi connectivity index (χ0v) is 13.9. The van der Waals surface area contributed by atoms with Gasteiger partial charge in [-0.05, 0) is 24.6 Å². The molecule has 3 N–H and O–H groups in total. The fraction of sp³-hybridized carbons (Fsp3) is 0.562. The quantitative estimate of drug-likeness (QED) is 0.754. The third kappa shape index (κ3) is 4.74. The molecule has 0 unspecified atom stereocenters. The minimum absolute atomic E-state index is 0.221. The van der Waals surface area contributed by atoms with Crippen molar-refractivity contribution in [2.24, 2.45) is 5.73 Å². The van der Waals surface area contributed by atoms with Gasteiger partial charge in [0.25, 0.3) is 5.91 Å². The molecule has 1 aliphatic heterocycles. The van der Waals surface area contributed by atoms with Crippen molar-refractivity contribution in [3.8, 4) is 17.2 Å². The monoisotopic (exact) mass is 323 g/mol. The van der Waals surface area contributed by atoms with E-state index in [-0.39, 0.29) is 6.61 Å². The maximum absolute atomic E-state index is 10.9. The summed E-state index contributed by atoms with van der Waals surface area (Å²) in [6, 6.07) is 4.29. The smallest absolute Gasteiger partial charge is 0.255 e. The predicted molar refractivity (Wildman–Crippen MR) is 87.0 cm³/mol. The van der Waals surface area contributed by atoms with Gasteiger partial charge in [-0.2, -0.15) is 0 Å². The Bertz CT molecular complexity index is 525. The Balaban J connectivity index is 2.19.